The predicted molar refractivity (Wildman–Crippen MR) is 147 cm³/mol. The summed E-state index contributed by atoms with van der Waals surface area (Å²) in [6, 6.07) is 34.3. The van der Waals surface area contributed by atoms with E-state index in [0.29, 0.717) is 24.5 Å². The molecular formula is C33H34FNO2. The second-order valence-electron chi connectivity index (χ2n) is 10.0. The standard InChI is InChI=1S/C33H34FNO2/c1-33(2,21-20-26-16-18-30(34)19-17-26)35(23-27-10-5-3-6-11-27)24-32(36)29-14-9-15-31(22-29)37-25-28-12-7-4-8-13-28/h3-19,22H,20-21,23-25H2,1-2H3. The Morgan fingerprint density at radius 2 is 1.43 bits per heavy atom. The molecule has 0 aliphatic rings. The average Bonchev–Trinajstić information content (AvgIpc) is 2.92. The summed E-state index contributed by atoms with van der Waals surface area (Å²) in [5.41, 5.74) is 3.70. The van der Waals surface area contributed by atoms with E-state index in [2.05, 4.69) is 30.9 Å². The molecule has 37 heavy (non-hydrogen) atoms. The second kappa shape index (κ2) is 12.5. The van der Waals surface area contributed by atoms with Gasteiger partial charge < -0.3 is 4.74 Å². The highest BCUT2D eigenvalue weighted by molar-refractivity contribution is 5.98. The fraction of sp³-hybridized carbons (Fsp3) is 0.242. The van der Waals surface area contributed by atoms with Crippen molar-refractivity contribution in [2.24, 2.45) is 0 Å². The monoisotopic (exact) mass is 495 g/mol. The Hall–Kier alpha value is -3.76. The van der Waals surface area contributed by atoms with Crippen LogP contribution in [0.25, 0.3) is 0 Å². The Labute approximate surface area is 219 Å². The van der Waals surface area contributed by atoms with E-state index < -0.39 is 0 Å². The van der Waals surface area contributed by atoms with Crippen molar-refractivity contribution in [1.82, 2.24) is 4.90 Å². The van der Waals surface area contributed by atoms with Crippen molar-refractivity contribution >= 4 is 5.78 Å². The number of halogens is 1. The van der Waals surface area contributed by atoms with Gasteiger partial charge in [-0.2, -0.15) is 0 Å². The van der Waals surface area contributed by atoms with Crippen molar-refractivity contribution in [2.45, 2.75) is 45.4 Å². The Balaban J connectivity index is 1.47. The molecule has 0 heterocycles. The van der Waals surface area contributed by atoms with Crippen molar-refractivity contribution in [3.8, 4) is 5.75 Å². The summed E-state index contributed by atoms with van der Waals surface area (Å²) in [6.45, 7) is 5.74. The van der Waals surface area contributed by atoms with E-state index in [4.69, 9.17) is 4.74 Å². The summed E-state index contributed by atoms with van der Waals surface area (Å²) in [7, 11) is 0. The van der Waals surface area contributed by atoms with E-state index in [0.717, 1.165) is 29.5 Å². The number of rotatable bonds is 12. The second-order valence-corrected chi connectivity index (χ2v) is 10.0. The topological polar surface area (TPSA) is 29.5 Å². The van der Waals surface area contributed by atoms with Crippen LogP contribution in [0.5, 0.6) is 5.75 Å². The van der Waals surface area contributed by atoms with E-state index in [1.54, 1.807) is 0 Å². The van der Waals surface area contributed by atoms with Crippen LogP contribution in [-0.2, 0) is 19.6 Å². The largest absolute Gasteiger partial charge is 0.489 e. The van der Waals surface area contributed by atoms with E-state index in [9.17, 15) is 9.18 Å². The molecule has 190 valence electrons. The first-order valence-corrected chi connectivity index (χ1v) is 12.7. The number of ether oxygens (including phenoxy) is 1. The van der Waals surface area contributed by atoms with Crippen molar-refractivity contribution in [3.05, 3.63) is 137 Å². The first-order valence-electron chi connectivity index (χ1n) is 12.7. The van der Waals surface area contributed by atoms with Crippen molar-refractivity contribution in [3.63, 3.8) is 0 Å². The number of carbonyl (C=O) groups excluding carboxylic acids is 1. The number of carbonyl (C=O) groups is 1. The lowest BCUT2D eigenvalue weighted by molar-refractivity contribution is 0.0726. The average molecular weight is 496 g/mol. The number of benzene rings is 4. The van der Waals surface area contributed by atoms with Gasteiger partial charge in [0.2, 0.25) is 0 Å². The summed E-state index contributed by atoms with van der Waals surface area (Å²) in [5.74, 6) is 0.505. The zero-order chi connectivity index (χ0) is 26.1. The van der Waals surface area contributed by atoms with Gasteiger partial charge in [0.25, 0.3) is 0 Å². The van der Waals surface area contributed by atoms with Crippen molar-refractivity contribution in [2.75, 3.05) is 6.54 Å². The number of nitrogens with zero attached hydrogens (tertiary/aromatic N) is 1. The van der Waals surface area contributed by atoms with Crippen LogP contribution in [0, 0.1) is 5.82 Å². The molecule has 0 saturated heterocycles. The number of aryl methyl sites for hydroxylation is 1. The summed E-state index contributed by atoms with van der Waals surface area (Å²) in [4.78, 5) is 15.7. The summed E-state index contributed by atoms with van der Waals surface area (Å²) in [5, 5.41) is 0. The van der Waals surface area contributed by atoms with Gasteiger partial charge in [0.05, 0.1) is 6.54 Å². The van der Waals surface area contributed by atoms with Crippen molar-refractivity contribution < 1.29 is 13.9 Å². The van der Waals surface area contributed by atoms with Gasteiger partial charge in [0, 0.05) is 17.6 Å². The lowest BCUT2D eigenvalue weighted by Gasteiger charge is -2.38. The molecule has 0 aliphatic heterocycles. The predicted octanol–water partition coefficient (Wildman–Crippen LogP) is 7.50. The van der Waals surface area contributed by atoms with Gasteiger partial charge in [-0.25, -0.2) is 4.39 Å². The van der Waals surface area contributed by atoms with Crippen LogP contribution >= 0.6 is 0 Å². The van der Waals surface area contributed by atoms with Crippen molar-refractivity contribution in [1.29, 1.82) is 0 Å². The van der Waals surface area contributed by atoms with Crippen LogP contribution in [-0.4, -0.2) is 22.8 Å². The molecule has 0 unspecified atom stereocenters. The van der Waals surface area contributed by atoms with Crippen LogP contribution in [0.15, 0.2) is 109 Å². The molecule has 0 amide bonds. The van der Waals surface area contributed by atoms with Gasteiger partial charge in [0.1, 0.15) is 18.2 Å². The molecule has 0 radical (unpaired) electrons. The van der Waals surface area contributed by atoms with E-state index in [-0.39, 0.29) is 23.7 Å². The quantitative estimate of drug-likeness (QED) is 0.191. The first kappa shape index (κ1) is 26.3. The lowest BCUT2D eigenvalue weighted by atomic mass is 9.92. The number of Topliss-reactive ketones (excluding diaryl/α,β-unsaturated/α-hetero) is 1. The maximum Gasteiger partial charge on any atom is 0.176 e. The third-order valence-corrected chi connectivity index (χ3v) is 6.75. The minimum atomic E-state index is -0.263. The molecule has 0 fully saturated rings. The summed E-state index contributed by atoms with van der Waals surface area (Å²) in [6.07, 6.45) is 1.63. The number of ketones is 1. The first-order chi connectivity index (χ1) is 17.9. The molecule has 0 aliphatic carbocycles. The van der Waals surface area contributed by atoms with Crippen LogP contribution < -0.4 is 4.74 Å². The smallest absolute Gasteiger partial charge is 0.176 e. The number of hydrogen-bond acceptors (Lipinski definition) is 3. The van der Waals surface area contributed by atoms with E-state index >= 15 is 0 Å². The van der Waals surface area contributed by atoms with Gasteiger partial charge in [-0.1, -0.05) is 84.9 Å². The Kier molecular flexibility index (Phi) is 8.86. The molecule has 0 aromatic heterocycles. The SMILES string of the molecule is CC(C)(CCc1ccc(F)cc1)N(CC(=O)c1cccc(OCc2ccccc2)c1)Cc1ccccc1. The van der Waals surface area contributed by atoms with Crippen LogP contribution in [0.4, 0.5) is 4.39 Å². The Morgan fingerprint density at radius 3 is 2.11 bits per heavy atom. The number of hydrogen-bond donors (Lipinski definition) is 0. The molecule has 0 spiro atoms. The van der Waals surface area contributed by atoms with E-state index in [1.807, 2.05) is 84.9 Å². The van der Waals surface area contributed by atoms with Crippen LogP contribution in [0.2, 0.25) is 0 Å². The molecule has 0 saturated carbocycles. The fourth-order valence-electron chi connectivity index (χ4n) is 4.31. The molecule has 4 rings (SSSR count). The highest BCUT2D eigenvalue weighted by atomic mass is 19.1. The molecule has 0 N–H and O–H groups in total. The highest BCUT2D eigenvalue weighted by Gasteiger charge is 2.29. The third-order valence-electron chi connectivity index (χ3n) is 6.75. The fourth-order valence-corrected chi connectivity index (χ4v) is 4.31. The van der Waals surface area contributed by atoms with Gasteiger partial charge in [0.15, 0.2) is 5.78 Å². The third kappa shape index (κ3) is 7.86. The van der Waals surface area contributed by atoms with Gasteiger partial charge in [-0.05, 0) is 67.6 Å². The minimum Gasteiger partial charge on any atom is -0.489 e. The zero-order valence-electron chi connectivity index (χ0n) is 21.6. The molecule has 4 heteroatoms. The normalized spacial score (nSPS) is 11.5. The summed E-state index contributed by atoms with van der Waals surface area (Å²) >= 11 is 0. The highest BCUT2D eigenvalue weighted by Crippen LogP contribution is 2.25. The Bertz CT molecular complexity index is 1270. The van der Waals surface area contributed by atoms with Gasteiger partial charge >= 0.3 is 0 Å². The zero-order valence-corrected chi connectivity index (χ0v) is 21.6. The molecule has 0 atom stereocenters. The molecule has 4 aromatic rings. The van der Waals surface area contributed by atoms with Crippen LogP contribution in [0.1, 0.15) is 47.3 Å². The van der Waals surface area contributed by atoms with Crippen LogP contribution in [0.3, 0.4) is 0 Å². The van der Waals surface area contributed by atoms with E-state index in [1.165, 1.54) is 12.1 Å². The maximum absolute atomic E-state index is 13.5. The molecule has 4 aromatic carbocycles. The Morgan fingerprint density at radius 1 is 0.784 bits per heavy atom. The minimum absolute atomic E-state index is 0.0518. The summed E-state index contributed by atoms with van der Waals surface area (Å²) < 4.78 is 19.3. The maximum atomic E-state index is 13.5. The van der Waals surface area contributed by atoms with Gasteiger partial charge in [-0.3, -0.25) is 9.69 Å². The molecular weight excluding hydrogens is 461 g/mol. The lowest BCUT2D eigenvalue weighted by Crippen LogP contribution is -2.46. The molecule has 0 bridgehead atoms. The van der Waals surface area contributed by atoms with Gasteiger partial charge in [-0.15, -0.1) is 0 Å². The molecule has 3 nitrogen and oxygen atoms in total.